The SMILES string of the molecule is COc1cc(CN(C)C)ccc1C1(N2CCCC2c2ncco2)C(=O)N(S(=O)(=O)c2ccc(C#N)cc2)c2ccc(Cl)cc21. The van der Waals surface area contributed by atoms with Crippen LogP contribution in [0.4, 0.5) is 5.69 Å². The van der Waals surface area contributed by atoms with Gasteiger partial charge in [0.05, 0.1) is 41.6 Å². The molecular weight excluding hydrogens is 602 g/mol. The molecule has 0 aliphatic carbocycles. The van der Waals surface area contributed by atoms with Gasteiger partial charge in [-0.15, -0.1) is 0 Å². The van der Waals surface area contributed by atoms with Crippen LogP contribution in [-0.4, -0.2) is 56.9 Å². The molecule has 1 aromatic heterocycles. The van der Waals surface area contributed by atoms with E-state index in [-0.39, 0.29) is 10.6 Å². The van der Waals surface area contributed by atoms with Crippen molar-refractivity contribution in [2.24, 2.45) is 0 Å². The highest BCUT2D eigenvalue weighted by atomic mass is 35.5. The van der Waals surface area contributed by atoms with Crippen LogP contribution in [0.1, 0.15) is 47.0 Å². The van der Waals surface area contributed by atoms with Crippen molar-refractivity contribution < 1.29 is 22.4 Å². The number of fused-ring (bicyclic) bond motifs is 1. The number of amides is 1. The third-order valence-electron chi connectivity index (χ3n) is 8.16. The van der Waals surface area contributed by atoms with Crippen LogP contribution < -0.4 is 9.04 Å². The van der Waals surface area contributed by atoms with Gasteiger partial charge in [0, 0.05) is 29.2 Å². The van der Waals surface area contributed by atoms with Crippen LogP contribution in [0.2, 0.25) is 5.02 Å². The van der Waals surface area contributed by atoms with E-state index in [0.29, 0.717) is 59.3 Å². The second kappa shape index (κ2) is 11.4. The third-order valence-corrected chi connectivity index (χ3v) is 10.1. The first kappa shape index (κ1) is 29.8. The molecule has 0 radical (unpaired) electrons. The maximum absolute atomic E-state index is 15.3. The Labute approximate surface area is 261 Å². The van der Waals surface area contributed by atoms with E-state index in [2.05, 4.69) is 4.98 Å². The molecule has 2 aliphatic rings. The predicted octanol–water partition coefficient (Wildman–Crippen LogP) is 5.09. The van der Waals surface area contributed by atoms with Crippen LogP contribution in [-0.2, 0) is 26.9 Å². The number of anilines is 1. The normalized spacial score (nSPS) is 20.2. The van der Waals surface area contributed by atoms with Crippen molar-refractivity contribution in [2.75, 3.05) is 32.1 Å². The van der Waals surface area contributed by atoms with Gasteiger partial charge in [0.2, 0.25) is 5.89 Å². The number of ether oxygens (including phenoxy) is 1. The zero-order valence-corrected chi connectivity index (χ0v) is 26.0. The summed E-state index contributed by atoms with van der Waals surface area (Å²) < 4.78 is 41.3. The van der Waals surface area contributed by atoms with Gasteiger partial charge in [-0.2, -0.15) is 5.26 Å². The number of carbonyl (C=O) groups excluding carboxylic acids is 1. The summed E-state index contributed by atoms with van der Waals surface area (Å²) in [5.41, 5.74) is 0.650. The Morgan fingerprint density at radius 3 is 2.57 bits per heavy atom. The van der Waals surface area contributed by atoms with E-state index in [9.17, 15) is 13.7 Å². The molecule has 6 rings (SSSR count). The largest absolute Gasteiger partial charge is 0.496 e. The number of halogens is 1. The Hall–Kier alpha value is -4.21. The van der Waals surface area contributed by atoms with Crippen molar-refractivity contribution in [3.8, 4) is 11.8 Å². The zero-order chi connectivity index (χ0) is 31.2. The van der Waals surface area contributed by atoms with Gasteiger partial charge in [-0.1, -0.05) is 23.7 Å². The Kier molecular flexibility index (Phi) is 7.71. The minimum Gasteiger partial charge on any atom is -0.496 e. The molecule has 3 aromatic carbocycles. The molecule has 2 aliphatic heterocycles. The number of rotatable bonds is 8. The first-order chi connectivity index (χ1) is 21.1. The minimum atomic E-state index is -4.44. The molecule has 226 valence electrons. The van der Waals surface area contributed by atoms with Crippen LogP contribution in [0.25, 0.3) is 0 Å². The number of benzene rings is 3. The van der Waals surface area contributed by atoms with Gasteiger partial charge in [0.15, 0.2) is 5.54 Å². The number of carbonyl (C=O) groups is 1. The summed E-state index contributed by atoms with van der Waals surface area (Å²) in [5.74, 6) is 0.158. The lowest BCUT2D eigenvalue weighted by molar-refractivity contribution is -0.127. The molecule has 10 nitrogen and oxygen atoms in total. The summed E-state index contributed by atoms with van der Waals surface area (Å²) in [6.07, 6.45) is 4.38. The summed E-state index contributed by atoms with van der Waals surface area (Å²) in [7, 11) is 1.00. The van der Waals surface area contributed by atoms with Gasteiger partial charge < -0.3 is 14.1 Å². The summed E-state index contributed by atoms with van der Waals surface area (Å²) in [5, 5.41) is 9.61. The van der Waals surface area contributed by atoms with Crippen molar-refractivity contribution in [2.45, 2.75) is 35.9 Å². The number of sulfonamides is 1. The van der Waals surface area contributed by atoms with E-state index in [4.69, 9.17) is 20.8 Å². The van der Waals surface area contributed by atoms with Crippen LogP contribution >= 0.6 is 11.6 Å². The predicted molar refractivity (Wildman–Crippen MR) is 164 cm³/mol. The lowest BCUT2D eigenvalue weighted by atomic mass is 9.80. The van der Waals surface area contributed by atoms with E-state index in [1.807, 2.05) is 48.2 Å². The lowest BCUT2D eigenvalue weighted by Gasteiger charge is -2.41. The Balaban J connectivity index is 1.65. The number of likely N-dealkylation sites (tertiary alicyclic amines) is 1. The molecule has 1 saturated heterocycles. The van der Waals surface area contributed by atoms with Crippen molar-refractivity contribution in [3.05, 3.63) is 106 Å². The van der Waals surface area contributed by atoms with E-state index < -0.39 is 27.5 Å². The maximum Gasteiger partial charge on any atom is 0.271 e. The van der Waals surface area contributed by atoms with Gasteiger partial charge in [0.25, 0.3) is 15.9 Å². The standard InChI is InChI=1S/C32H30ClN5O5S/c1-36(2)20-22-8-12-25(29(17-22)42-3)32(37-15-4-5-28(37)30-35-14-16-43-30)26-18-23(33)9-13-27(26)38(31(32)39)44(40,41)24-10-6-21(19-34)7-11-24/h6-14,16-18,28H,4-5,15,20H2,1-3H3. The van der Waals surface area contributed by atoms with E-state index in [0.717, 1.165) is 9.87 Å². The molecule has 3 heterocycles. The minimum absolute atomic E-state index is 0.125. The van der Waals surface area contributed by atoms with Crippen molar-refractivity contribution in [1.82, 2.24) is 14.8 Å². The second-order valence-corrected chi connectivity index (χ2v) is 13.3. The van der Waals surface area contributed by atoms with Crippen molar-refractivity contribution in [1.29, 1.82) is 5.26 Å². The van der Waals surface area contributed by atoms with Crippen LogP contribution in [0.5, 0.6) is 5.75 Å². The first-order valence-corrected chi connectivity index (χ1v) is 15.8. The molecule has 44 heavy (non-hydrogen) atoms. The summed E-state index contributed by atoms with van der Waals surface area (Å²) in [4.78, 5) is 23.6. The quantitative estimate of drug-likeness (QED) is 0.262. The highest BCUT2D eigenvalue weighted by Gasteiger charge is 2.62. The molecule has 4 aromatic rings. The fraction of sp³-hybridized carbons (Fsp3) is 0.281. The smallest absolute Gasteiger partial charge is 0.271 e. The van der Waals surface area contributed by atoms with Gasteiger partial charge in [-0.05, 0) is 81.0 Å². The average Bonchev–Trinajstić information content (AvgIpc) is 3.76. The molecule has 0 N–H and O–H groups in total. The second-order valence-electron chi connectivity index (χ2n) is 11.1. The Morgan fingerprint density at radius 2 is 1.91 bits per heavy atom. The maximum atomic E-state index is 15.3. The number of hydrogen-bond acceptors (Lipinski definition) is 9. The van der Waals surface area contributed by atoms with E-state index in [1.165, 1.54) is 37.6 Å². The molecule has 12 heteroatoms. The topological polar surface area (TPSA) is 120 Å². The number of nitriles is 1. The number of hydrogen-bond donors (Lipinski definition) is 0. The van der Waals surface area contributed by atoms with E-state index in [1.54, 1.807) is 24.4 Å². The summed E-state index contributed by atoms with van der Waals surface area (Å²) >= 11 is 6.60. The summed E-state index contributed by atoms with van der Waals surface area (Å²) in [6.45, 7) is 1.07. The summed E-state index contributed by atoms with van der Waals surface area (Å²) in [6, 6.07) is 17.5. The third kappa shape index (κ3) is 4.66. The number of oxazole rings is 1. The lowest BCUT2D eigenvalue weighted by Crippen LogP contribution is -2.54. The Bertz CT molecular complexity index is 1870. The molecule has 1 fully saturated rings. The fourth-order valence-corrected chi connectivity index (χ4v) is 8.04. The van der Waals surface area contributed by atoms with Crippen molar-refractivity contribution in [3.63, 3.8) is 0 Å². The average molecular weight is 632 g/mol. The zero-order valence-electron chi connectivity index (χ0n) is 24.4. The fourth-order valence-electron chi connectivity index (χ4n) is 6.41. The van der Waals surface area contributed by atoms with Gasteiger partial charge in [-0.3, -0.25) is 9.69 Å². The number of aromatic nitrogens is 1. The van der Waals surface area contributed by atoms with Gasteiger partial charge >= 0.3 is 0 Å². The van der Waals surface area contributed by atoms with Crippen LogP contribution in [0.3, 0.4) is 0 Å². The highest BCUT2D eigenvalue weighted by molar-refractivity contribution is 7.93. The molecule has 2 unspecified atom stereocenters. The number of methoxy groups -OCH3 is 1. The number of nitrogens with zero attached hydrogens (tertiary/aromatic N) is 5. The first-order valence-electron chi connectivity index (χ1n) is 14.0. The van der Waals surface area contributed by atoms with Crippen LogP contribution in [0, 0.1) is 11.3 Å². The van der Waals surface area contributed by atoms with Gasteiger partial charge in [0.1, 0.15) is 12.0 Å². The van der Waals surface area contributed by atoms with Crippen LogP contribution in [0.15, 0.2) is 82.4 Å². The van der Waals surface area contributed by atoms with E-state index >= 15 is 4.79 Å². The van der Waals surface area contributed by atoms with Gasteiger partial charge in [-0.25, -0.2) is 17.7 Å². The monoisotopic (exact) mass is 631 g/mol. The molecule has 0 saturated carbocycles. The molecule has 2 atom stereocenters. The molecule has 1 amide bonds. The Morgan fingerprint density at radius 1 is 1.14 bits per heavy atom. The molecular formula is C32H30ClN5O5S. The molecule has 0 spiro atoms. The highest BCUT2D eigenvalue weighted by Crippen LogP contribution is 2.56. The molecule has 0 bridgehead atoms. The van der Waals surface area contributed by atoms with Crippen molar-refractivity contribution >= 4 is 33.2 Å².